The largest absolute Gasteiger partial charge is 0.486 e. The van der Waals surface area contributed by atoms with Crippen molar-refractivity contribution in [3.63, 3.8) is 0 Å². The summed E-state index contributed by atoms with van der Waals surface area (Å²) in [5.41, 5.74) is 7.43. The predicted molar refractivity (Wildman–Crippen MR) is 106 cm³/mol. The molecule has 1 aliphatic rings. The van der Waals surface area contributed by atoms with Crippen LogP contribution in [0.3, 0.4) is 0 Å². The topological polar surface area (TPSA) is 86.2 Å². The van der Waals surface area contributed by atoms with Crippen molar-refractivity contribution in [2.24, 2.45) is 5.73 Å². The zero-order valence-corrected chi connectivity index (χ0v) is 16.7. The first kappa shape index (κ1) is 19.8. The smallest absolute Gasteiger partial charge is 0.188 e. The second-order valence-corrected chi connectivity index (χ2v) is 8.51. The molecule has 0 aliphatic heterocycles. The van der Waals surface area contributed by atoms with Gasteiger partial charge in [-0.3, -0.25) is 0 Å². The minimum Gasteiger partial charge on any atom is -0.486 e. The maximum atomic E-state index is 9.35. The second-order valence-electron chi connectivity index (χ2n) is 8.51. The van der Waals surface area contributed by atoms with E-state index in [0.29, 0.717) is 30.9 Å². The molecule has 1 saturated carbocycles. The van der Waals surface area contributed by atoms with Crippen molar-refractivity contribution in [1.29, 1.82) is 0 Å². The third-order valence-corrected chi connectivity index (χ3v) is 5.28. The third kappa shape index (κ3) is 5.08. The van der Waals surface area contributed by atoms with Crippen LogP contribution in [0.25, 0.3) is 0 Å². The molecule has 0 unspecified atom stereocenters. The van der Waals surface area contributed by atoms with Gasteiger partial charge in [0.15, 0.2) is 5.82 Å². The first-order chi connectivity index (χ1) is 12.9. The molecular formula is C21H32N4O2. The van der Waals surface area contributed by atoms with E-state index >= 15 is 0 Å². The van der Waals surface area contributed by atoms with Crippen molar-refractivity contribution in [2.75, 3.05) is 6.61 Å². The maximum absolute atomic E-state index is 9.35. The Morgan fingerprint density at radius 1 is 1.15 bits per heavy atom. The van der Waals surface area contributed by atoms with Crippen LogP contribution in [-0.4, -0.2) is 32.5 Å². The Hall–Kier alpha value is -1.92. The van der Waals surface area contributed by atoms with Gasteiger partial charge >= 0.3 is 0 Å². The van der Waals surface area contributed by atoms with Crippen LogP contribution >= 0.6 is 0 Å². The predicted octanol–water partition coefficient (Wildman–Crippen LogP) is 3.13. The van der Waals surface area contributed by atoms with Gasteiger partial charge in [0.1, 0.15) is 18.2 Å². The zero-order valence-electron chi connectivity index (χ0n) is 16.7. The normalized spacial score (nSPS) is 20.6. The van der Waals surface area contributed by atoms with Gasteiger partial charge in [-0.15, -0.1) is 0 Å². The molecule has 27 heavy (non-hydrogen) atoms. The molecule has 6 nitrogen and oxygen atoms in total. The van der Waals surface area contributed by atoms with Gasteiger partial charge in [-0.25, -0.2) is 9.67 Å². The molecule has 1 heterocycles. The highest BCUT2D eigenvalue weighted by atomic mass is 16.5. The summed E-state index contributed by atoms with van der Waals surface area (Å²) >= 11 is 0. The van der Waals surface area contributed by atoms with Gasteiger partial charge in [-0.1, -0.05) is 32.9 Å². The van der Waals surface area contributed by atoms with Crippen LogP contribution in [0.15, 0.2) is 24.3 Å². The van der Waals surface area contributed by atoms with Crippen LogP contribution in [-0.2, 0) is 18.6 Å². The van der Waals surface area contributed by atoms with Gasteiger partial charge in [-0.05, 0) is 48.8 Å². The number of nitrogens with two attached hydrogens (primary N) is 1. The molecule has 6 heteroatoms. The number of aliphatic hydroxyl groups excluding tert-OH is 1. The van der Waals surface area contributed by atoms with Crippen LogP contribution < -0.4 is 10.5 Å². The van der Waals surface area contributed by atoms with Gasteiger partial charge in [-0.2, -0.15) is 5.10 Å². The van der Waals surface area contributed by atoms with E-state index in [4.69, 9.17) is 15.5 Å². The molecule has 1 aromatic heterocycles. The highest BCUT2D eigenvalue weighted by Gasteiger charge is 2.25. The van der Waals surface area contributed by atoms with E-state index < -0.39 is 0 Å². The molecule has 0 atom stereocenters. The van der Waals surface area contributed by atoms with Gasteiger partial charge in [0, 0.05) is 12.0 Å². The van der Waals surface area contributed by atoms with Crippen LogP contribution in [0.5, 0.6) is 5.75 Å². The molecule has 1 aliphatic carbocycles. The van der Waals surface area contributed by atoms with Crippen LogP contribution in [0, 0.1) is 0 Å². The Balaban J connectivity index is 1.67. The number of ether oxygens (including phenoxy) is 1. The summed E-state index contributed by atoms with van der Waals surface area (Å²) in [5.74, 6) is 2.79. The molecule has 0 spiro atoms. The van der Waals surface area contributed by atoms with Crippen molar-refractivity contribution in [3.05, 3.63) is 41.5 Å². The minimum atomic E-state index is 0.0527. The number of nitrogens with zero attached hydrogens (tertiary/aromatic N) is 3. The monoisotopic (exact) mass is 372 g/mol. The van der Waals surface area contributed by atoms with Gasteiger partial charge in [0.2, 0.25) is 0 Å². The SMILES string of the molecule is CC(C)(C)c1ccc(OCc2nc(C3CCC(N)CC3)n(CCO)n2)cc1. The first-order valence-electron chi connectivity index (χ1n) is 9.90. The number of aromatic nitrogens is 3. The number of aliphatic hydroxyl groups is 1. The van der Waals surface area contributed by atoms with Crippen molar-refractivity contribution in [2.45, 2.75) is 77.0 Å². The molecule has 3 N–H and O–H groups in total. The molecule has 0 radical (unpaired) electrons. The molecule has 0 bridgehead atoms. The summed E-state index contributed by atoms with van der Waals surface area (Å²) in [4.78, 5) is 4.72. The summed E-state index contributed by atoms with van der Waals surface area (Å²) in [6.07, 6.45) is 4.09. The van der Waals surface area contributed by atoms with Crippen LogP contribution in [0.1, 0.15) is 69.6 Å². The highest BCUT2D eigenvalue weighted by Crippen LogP contribution is 2.31. The molecule has 1 fully saturated rings. The fraction of sp³-hybridized carbons (Fsp3) is 0.619. The molecule has 1 aromatic carbocycles. The van der Waals surface area contributed by atoms with Gasteiger partial charge in [0.25, 0.3) is 0 Å². The lowest BCUT2D eigenvalue weighted by Crippen LogP contribution is -2.27. The number of hydrogen-bond acceptors (Lipinski definition) is 5. The van der Waals surface area contributed by atoms with E-state index in [2.05, 4.69) is 38.0 Å². The fourth-order valence-electron chi connectivity index (χ4n) is 3.60. The molecule has 0 amide bonds. The quantitative estimate of drug-likeness (QED) is 0.813. The molecule has 0 saturated heterocycles. The van der Waals surface area contributed by atoms with E-state index in [1.807, 2.05) is 16.8 Å². The summed E-state index contributed by atoms with van der Waals surface area (Å²) in [5, 5.41) is 13.9. The van der Waals surface area contributed by atoms with Gasteiger partial charge < -0.3 is 15.6 Å². The first-order valence-corrected chi connectivity index (χ1v) is 9.90. The highest BCUT2D eigenvalue weighted by molar-refractivity contribution is 5.31. The average Bonchev–Trinajstić information content (AvgIpc) is 3.03. The van der Waals surface area contributed by atoms with E-state index in [1.54, 1.807) is 0 Å². The van der Waals surface area contributed by atoms with E-state index in [9.17, 15) is 5.11 Å². The van der Waals surface area contributed by atoms with Gasteiger partial charge in [0.05, 0.1) is 13.2 Å². The molecule has 2 aromatic rings. The average molecular weight is 373 g/mol. The van der Waals surface area contributed by atoms with Crippen LogP contribution in [0.4, 0.5) is 0 Å². The summed E-state index contributed by atoms with van der Waals surface area (Å²) in [6, 6.07) is 8.49. The zero-order chi connectivity index (χ0) is 19.4. The van der Waals surface area contributed by atoms with Crippen molar-refractivity contribution >= 4 is 0 Å². The summed E-state index contributed by atoms with van der Waals surface area (Å²) in [7, 11) is 0. The second kappa shape index (κ2) is 8.40. The summed E-state index contributed by atoms with van der Waals surface area (Å²) < 4.78 is 7.73. The standard InChI is InChI=1S/C21H32N4O2/c1-21(2,3)16-6-10-18(11-7-16)27-14-19-23-20(25(24-19)12-13-26)15-4-8-17(22)9-5-15/h6-7,10-11,15,17,26H,4-5,8-9,12-14,22H2,1-3H3. The van der Waals surface area contributed by atoms with E-state index in [0.717, 1.165) is 37.3 Å². The van der Waals surface area contributed by atoms with Crippen LogP contribution in [0.2, 0.25) is 0 Å². The molecular weight excluding hydrogens is 340 g/mol. The Morgan fingerprint density at radius 3 is 2.41 bits per heavy atom. The lowest BCUT2D eigenvalue weighted by Gasteiger charge is -2.25. The van der Waals surface area contributed by atoms with E-state index in [1.165, 1.54) is 5.56 Å². The number of benzene rings is 1. The fourth-order valence-corrected chi connectivity index (χ4v) is 3.60. The third-order valence-electron chi connectivity index (χ3n) is 5.28. The lowest BCUT2D eigenvalue weighted by molar-refractivity contribution is 0.260. The Kier molecular flexibility index (Phi) is 6.17. The Morgan fingerprint density at radius 2 is 1.81 bits per heavy atom. The number of rotatable bonds is 6. The maximum Gasteiger partial charge on any atom is 0.188 e. The summed E-state index contributed by atoms with van der Waals surface area (Å²) in [6.45, 7) is 7.43. The molecule has 148 valence electrons. The molecule has 3 rings (SSSR count). The minimum absolute atomic E-state index is 0.0527. The van der Waals surface area contributed by atoms with Crippen molar-refractivity contribution < 1.29 is 9.84 Å². The Labute approximate surface area is 161 Å². The lowest BCUT2D eigenvalue weighted by atomic mass is 9.86. The van der Waals surface area contributed by atoms with E-state index in [-0.39, 0.29) is 12.0 Å². The van der Waals surface area contributed by atoms with Crippen molar-refractivity contribution in [3.8, 4) is 5.75 Å². The Bertz CT molecular complexity index is 726. The van der Waals surface area contributed by atoms with Crippen molar-refractivity contribution in [1.82, 2.24) is 14.8 Å². The number of hydrogen-bond donors (Lipinski definition) is 2.